The minimum absolute atomic E-state index is 0.0345. The van der Waals surface area contributed by atoms with Crippen LogP contribution >= 0.6 is 0 Å². The van der Waals surface area contributed by atoms with Crippen molar-refractivity contribution >= 4 is 5.91 Å². The molecule has 3 heterocycles. The second-order valence-corrected chi connectivity index (χ2v) is 6.10. The van der Waals surface area contributed by atoms with Gasteiger partial charge in [0.15, 0.2) is 5.82 Å². The summed E-state index contributed by atoms with van der Waals surface area (Å²) in [7, 11) is 0. The Morgan fingerprint density at radius 1 is 1.38 bits per heavy atom. The lowest BCUT2D eigenvalue weighted by molar-refractivity contribution is -0.146. The Kier molecular flexibility index (Phi) is 3.95. The van der Waals surface area contributed by atoms with Gasteiger partial charge in [0.2, 0.25) is 11.8 Å². The summed E-state index contributed by atoms with van der Waals surface area (Å²) in [4.78, 5) is 20.9. The molecular formula is C14H22N4O3. The van der Waals surface area contributed by atoms with E-state index in [2.05, 4.69) is 15.0 Å². The first-order valence-corrected chi connectivity index (χ1v) is 7.55. The van der Waals surface area contributed by atoms with Crippen molar-refractivity contribution in [3.05, 3.63) is 11.7 Å². The van der Waals surface area contributed by atoms with Gasteiger partial charge in [0.25, 0.3) is 0 Å². The number of amides is 1. The number of aliphatic hydroxyl groups excluding tert-OH is 1. The summed E-state index contributed by atoms with van der Waals surface area (Å²) in [6, 6.07) is 0. The maximum atomic E-state index is 12.7. The Hall–Kier alpha value is -1.47. The number of aliphatic hydroxyl groups is 1. The van der Waals surface area contributed by atoms with Crippen molar-refractivity contribution in [2.75, 3.05) is 32.8 Å². The van der Waals surface area contributed by atoms with E-state index in [4.69, 9.17) is 9.63 Å². The van der Waals surface area contributed by atoms with Gasteiger partial charge in [-0.1, -0.05) is 5.16 Å². The molecule has 116 valence electrons. The Bertz CT molecular complexity index is 516. The highest BCUT2D eigenvalue weighted by Crippen LogP contribution is 2.40. The lowest BCUT2D eigenvalue weighted by Gasteiger charge is -2.39. The third-order valence-corrected chi connectivity index (χ3v) is 4.56. The molecule has 3 rings (SSSR count). The number of nitrogens with zero attached hydrogens (tertiary/aromatic N) is 4. The van der Waals surface area contributed by atoms with Gasteiger partial charge in [-0.05, 0) is 32.7 Å². The van der Waals surface area contributed by atoms with E-state index >= 15 is 0 Å². The number of aryl methyl sites for hydroxylation is 1. The predicted molar refractivity (Wildman–Crippen MR) is 74.3 cm³/mol. The first-order chi connectivity index (χ1) is 10.1. The normalized spacial score (nSPS) is 27.0. The summed E-state index contributed by atoms with van der Waals surface area (Å²) in [5.41, 5.74) is -0.275. The van der Waals surface area contributed by atoms with Gasteiger partial charge in [-0.3, -0.25) is 9.69 Å². The van der Waals surface area contributed by atoms with Crippen LogP contribution in [0.4, 0.5) is 0 Å². The van der Waals surface area contributed by atoms with E-state index in [9.17, 15) is 4.79 Å². The Morgan fingerprint density at radius 2 is 2.24 bits per heavy atom. The van der Waals surface area contributed by atoms with Crippen LogP contribution < -0.4 is 0 Å². The predicted octanol–water partition coefficient (Wildman–Crippen LogP) is 0.185. The summed E-state index contributed by atoms with van der Waals surface area (Å²) in [6.07, 6.45) is 2.83. The molecular weight excluding hydrogens is 272 g/mol. The molecule has 0 unspecified atom stereocenters. The minimum atomic E-state index is -0.275. The summed E-state index contributed by atoms with van der Waals surface area (Å²) in [5, 5.41) is 12.9. The van der Waals surface area contributed by atoms with E-state index in [-0.39, 0.29) is 17.9 Å². The zero-order chi connectivity index (χ0) is 14.9. The Labute approximate surface area is 123 Å². The zero-order valence-electron chi connectivity index (χ0n) is 12.4. The second kappa shape index (κ2) is 5.73. The number of β-amino-alcohol motifs (C(OH)–C–C–N with tert-alkyl or cyclic N) is 1. The van der Waals surface area contributed by atoms with E-state index in [1.54, 1.807) is 6.92 Å². The molecule has 21 heavy (non-hydrogen) atoms. The fourth-order valence-electron chi connectivity index (χ4n) is 3.55. The van der Waals surface area contributed by atoms with Crippen LogP contribution in [0.3, 0.4) is 0 Å². The van der Waals surface area contributed by atoms with Crippen LogP contribution in [0.1, 0.15) is 31.0 Å². The average Bonchev–Trinajstić information content (AvgIpc) is 3.04. The van der Waals surface area contributed by atoms with E-state index in [1.165, 1.54) is 0 Å². The lowest BCUT2D eigenvalue weighted by Crippen LogP contribution is -2.50. The number of piperidine rings is 1. The van der Waals surface area contributed by atoms with Crippen LogP contribution in [0, 0.1) is 12.3 Å². The molecule has 0 saturated carbocycles. The fraction of sp³-hybridized carbons (Fsp3) is 0.786. The van der Waals surface area contributed by atoms with Crippen LogP contribution in [0.15, 0.2) is 4.52 Å². The maximum absolute atomic E-state index is 12.7. The van der Waals surface area contributed by atoms with Gasteiger partial charge < -0.3 is 14.5 Å². The van der Waals surface area contributed by atoms with Gasteiger partial charge in [0.1, 0.15) is 0 Å². The standard InChI is InChI=1S/C14H22N4O3/c1-11-15-12(21-16-11)9-17-6-4-14(10-17)3-2-5-18(7-8-19)13(14)20/h19H,2-10H2,1H3/t14-/m1/s1. The molecule has 2 fully saturated rings. The van der Waals surface area contributed by atoms with Crippen LogP contribution in [0.25, 0.3) is 0 Å². The Balaban J connectivity index is 1.65. The molecule has 1 amide bonds. The van der Waals surface area contributed by atoms with Crippen molar-refractivity contribution in [1.29, 1.82) is 0 Å². The molecule has 0 radical (unpaired) electrons. The fourth-order valence-corrected chi connectivity index (χ4v) is 3.55. The van der Waals surface area contributed by atoms with Crippen molar-refractivity contribution < 1.29 is 14.4 Å². The lowest BCUT2D eigenvalue weighted by atomic mass is 9.78. The van der Waals surface area contributed by atoms with Gasteiger partial charge in [0, 0.05) is 19.6 Å². The highest BCUT2D eigenvalue weighted by molar-refractivity contribution is 5.84. The van der Waals surface area contributed by atoms with Crippen molar-refractivity contribution in [3.8, 4) is 0 Å². The maximum Gasteiger partial charge on any atom is 0.240 e. The minimum Gasteiger partial charge on any atom is -0.395 e. The summed E-state index contributed by atoms with van der Waals surface area (Å²) in [5.74, 6) is 1.45. The molecule has 1 N–H and O–H groups in total. The summed E-state index contributed by atoms with van der Waals surface area (Å²) >= 11 is 0. The highest BCUT2D eigenvalue weighted by Gasteiger charge is 2.48. The van der Waals surface area contributed by atoms with E-state index in [1.807, 2.05) is 4.90 Å². The first-order valence-electron chi connectivity index (χ1n) is 7.55. The molecule has 7 nitrogen and oxygen atoms in total. The molecule has 0 bridgehead atoms. The zero-order valence-corrected chi connectivity index (χ0v) is 12.4. The molecule has 1 atom stereocenters. The van der Waals surface area contributed by atoms with E-state index in [0.717, 1.165) is 38.9 Å². The van der Waals surface area contributed by atoms with Gasteiger partial charge in [-0.25, -0.2) is 0 Å². The third-order valence-electron chi connectivity index (χ3n) is 4.56. The highest BCUT2D eigenvalue weighted by atomic mass is 16.5. The number of hydrogen-bond donors (Lipinski definition) is 1. The van der Waals surface area contributed by atoms with E-state index in [0.29, 0.717) is 24.8 Å². The molecule has 1 aromatic heterocycles. The van der Waals surface area contributed by atoms with Gasteiger partial charge in [0.05, 0.1) is 18.6 Å². The number of likely N-dealkylation sites (tertiary alicyclic amines) is 2. The molecule has 0 aromatic carbocycles. The second-order valence-electron chi connectivity index (χ2n) is 6.10. The summed E-state index contributed by atoms with van der Waals surface area (Å²) < 4.78 is 5.16. The molecule has 1 spiro atoms. The number of rotatable bonds is 4. The van der Waals surface area contributed by atoms with Crippen molar-refractivity contribution in [3.63, 3.8) is 0 Å². The Morgan fingerprint density at radius 3 is 2.95 bits per heavy atom. The monoisotopic (exact) mass is 294 g/mol. The van der Waals surface area contributed by atoms with Gasteiger partial charge in [-0.15, -0.1) is 0 Å². The molecule has 1 aromatic rings. The van der Waals surface area contributed by atoms with Crippen molar-refractivity contribution in [1.82, 2.24) is 19.9 Å². The van der Waals surface area contributed by atoms with Crippen LogP contribution in [-0.4, -0.2) is 63.7 Å². The molecule has 0 aliphatic carbocycles. The quantitative estimate of drug-likeness (QED) is 0.853. The number of carbonyl (C=O) groups is 1. The van der Waals surface area contributed by atoms with Crippen molar-refractivity contribution in [2.45, 2.75) is 32.7 Å². The number of aromatic nitrogens is 2. The molecule has 2 aliphatic heterocycles. The van der Waals surface area contributed by atoms with Crippen molar-refractivity contribution in [2.24, 2.45) is 5.41 Å². The largest absolute Gasteiger partial charge is 0.395 e. The van der Waals surface area contributed by atoms with E-state index < -0.39 is 0 Å². The number of carbonyl (C=O) groups excluding carboxylic acids is 1. The third kappa shape index (κ3) is 2.80. The van der Waals surface area contributed by atoms with Gasteiger partial charge in [-0.2, -0.15) is 4.98 Å². The van der Waals surface area contributed by atoms with Crippen LogP contribution in [0.2, 0.25) is 0 Å². The number of hydrogen-bond acceptors (Lipinski definition) is 6. The van der Waals surface area contributed by atoms with Gasteiger partial charge >= 0.3 is 0 Å². The average molecular weight is 294 g/mol. The molecule has 7 heteroatoms. The first kappa shape index (κ1) is 14.5. The van der Waals surface area contributed by atoms with Crippen LogP contribution in [0.5, 0.6) is 0 Å². The molecule has 2 aliphatic rings. The molecule has 2 saturated heterocycles. The summed E-state index contributed by atoms with van der Waals surface area (Å²) in [6.45, 7) is 5.28. The van der Waals surface area contributed by atoms with Crippen LogP contribution in [-0.2, 0) is 11.3 Å². The smallest absolute Gasteiger partial charge is 0.240 e. The SMILES string of the molecule is Cc1noc(CN2CC[C@]3(CCCN(CCO)C3=O)C2)n1. The topological polar surface area (TPSA) is 82.7 Å².